The summed E-state index contributed by atoms with van der Waals surface area (Å²) < 4.78 is 5.37. The number of amides is 1. The molecule has 0 radical (unpaired) electrons. The minimum Gasteiger partial charge on any atom is -0.469 e. The first-order valence-electron chi connectivity index (χ1n) is 10.6. The molecule has 0 bridgehead atoms. The van der Waals surface area contributed by atoms with Crippen molar-refractivity contribution in [1.29, 1.82) is 0 Å². The predicted octanol–water partition coefficient (Wildman–Crippen LogP) is 3.30. The highest BCUT2D eigenvalue weighted by Crippen LogP contribution is 2.26. The normalized spacial score (nSPS) is 20.5. The van der Waals surface area contributed by atoms with Crippen LogP contribution in [0.5, 0.6) is 0 Å². The van der Waals surface area contributed by atoms with Gasteiger partial charge in [-0.05, 0) is 69.6 Å². The average Bonchev–Trinajstić information content (AvgIpc) is 3.26. The molecule has 1 fully saturated rings. The zero-order valence-electron chi connectivity index (χ0n) is 16.7. The van der Waals surface area contributed by atoms with E-state index in [1.165, 1.54) is 19.3 Å². The third-order valence-corrected chi connectivity index (χ3v) is 5.94. The summed E-state index contributed by atoms with van der Waals surface area (Å²) in [4.78, 5) is 24.4. The molecule has 2 aliphatic rings. The topological polar surface area (TPSA) is 71.3 Å². The van der Waals surface area contributed by atoms with Gasteiger partial charge < -0.3 is 14.6 Å². The monoisotopic (exact) mass is 382 g/mol. The summed E-state index contributed by atoms with van der Waals surface area (Å²) in [5, 5.41) is 3.18. The second-order valence-electron chi connectivity index (χ2n) is 8.16. The van der Waals surface area contributed by atoms with E-state index in [1.807, 2.05) is 18.3 Å². The van der Waals surface area contributed by atoms with Gasteiger partial charge in [0.15, 0.2) is 0 Å². The van der Waals surface area contributed by atoms with Gasteiger partial charge in [-0.1, -0.05) is 0 Å². The maximum absolute atomic E-state index is 12.7. The van der Waals surface area contributed by atoms with Crippen molar-refractivity contribution in [1.82, 2.24) is 15.3 Å². The molecule has 0 aromatic carbocycles. The molecule has 2 aromatic heterocycles. The molecule has 1 N–H and O–H groups in total. The molecule has 28 heavy (non-hydrogen) atoms. The summed E-state index contributed by atoms with van der Waals surface area (Å²) in [6.45, 7) is 4.17. The largest absolute Gasteiger partial charge is 0.469 e. The molecule has 1 saturated heterocycles. The second-order valence-corrected chi connectivity index (χ2v) is 8.16. The smallest absolute Gasteiger partial charge is 0.225 e. The number of hydrogen-bond acceptors (Lipinski definition) is 5. The van der Waals surface area contributed by atoms with Crippen LogP contribution in [-0.2, 0) is 24.1 Å². The summed E-state index contributed by atoms with van der Waals surface area (Å²) in [5.74, 6) is 2.00. The Bertz CT molecular complexity index is 784. The third-order valence-electron chi connectivity index (χ3n) is 5.94. The molecule has 6 nitrogen and oxygen atoms in total. The average molecular weight is 383 g/mol. The highest BCUT2D eigenvalue weighted by Gasteiger charge is 2.27. The van der Waals surface area contributed by atoms with Crippen LogP contribution in [0, 0.1) is 5.92 Å². The van der Waals surface area contributed by atoms with Crippen LogP contribution in [0.4, 0.5) is 5.95 Å². The van der Waals surface area contributed by atoms with Crippen molar-refractivity contribution in [2.45, 2.75) is 64.3 Å². The lowest BCUT2D eigenvalue weighted by Gasteiger charge is -2.29. The highest BCUT2D eigenvalue weighted by molar-refractivity contribution is 5.79. The van der Waals surface area contributed by atoms with E-state index in [0.29, 0.717) is 0 Å². The number of hydrogen-bond donors (Lipinski definition) is 1. The Labute approximate surface area is 166 Å². The SMILES string of the molecule is C[C@@H](CCc1ccco1)NC(=O)[C@H]1CCc2nc(N3CCCCC3)ncc2C1. The molecule has 0 spiro atoms. The fraction of sp³-hybridized carbons (Fsp3) is 0.591. The van der Waals surface area contributed by atoms with Gasteiger partial charge in [-0.15, -0.1) is 0 Å². The van der Waals surface area contributed by atoms with E-state index in [1.54, 1.807) is 6.26 Å². The number of furan rings is 1. The van der Waals surface area contributed by atoms with Crippen molar-refractivity contribution in [3.8, 4) is 0 Å². The predicted molar refractivity (Wildman–Crippen MR) is 108 cm³/mol. The number of aromatic nitrogens is 2. The molecule has 2 atom stereocenters. The van der Waals surface area contributed by atoms with Gasteiger partial charge in [-0.3, -0.25) is 4.79 Å². The van der Waals surface area contributed by atoms with Crippen LogP contribution in [0.15, 0.2) is 29.0 Å². The summed E-state index contributed by atoms with van der Waals surface area (Å²) >= 11 is 0. The fourth-order valence-electron chi connectivity index (χ4n) is 4.21. The number of fused-ring (bicyclic) bond motifs is 1. The number of carbonyl (C=O) groups excluding carboxylic acids is 1. The van der Waals surface area contributed by atoms with E-state index in [9.17, 15) is 4.79 Å². The van der Waals surface area contributed by atoms with Crippen LogP contribution in [0.1, 0.15) is 56.0 Å². The van der Waals surface area contributed by atoms with Crippen molar-refractivity contribution < 1.29 is 9.21 Å². The van der Waals surface area contributed by atoms with E-state index in [2.05, 4.69) is 22.1 Å². The fourth-order valence-corrected chi connectivity index (χ4v) is 4.21. The van der Waals surface area contributed by atoms with Crippen LogP contribution < -0.4 is 10.2 Å². The van der Waals surface area contributed by atoms with Gasteiger partial charge in [-0.2, -0.15) is 0 Å². The molecule has 2 aromatic rings. The van der Waals surface area contributed by atoms with Crippen LogP contribution in [-0.4, -0.2) is 35.0 Å². The minimum atomic E-state index is 0.0167. The standard InChI is InChI=1S/C22H30N4O2/c1-16(7-9-19-6-5-13-28-19)24-21(27)17-8-10-20-18(14-17)15-23-22(25-20)26-11-3-2-4-12-26/h5-6,13,15-17H,2-4,7-12,14H2,1H3,(H,24,27)/t16-,17-/m0/s1. The van der Waals surface area contributed by atoms with Crippen LogP contribution in [0.2, 0.25) is 0 Å². The Hall–Kier alpha value is -2.37. The Morgan fingerprint density at radius 2 is 2.21 bits per heavy atom. The lowest BCUT2D eigenvalue weighted by molar-refractivity contribution is -0.126. The number of aryl methyl sites for hydroxylation is 2. The molecular formula is C22H30N4O2. The summed E-state index contributed by atoms with van der Waals surface area (Å²) in [6.07, 6.45) is 11.6. The van der Waals surface area contributed by atoms with Crippen molar-refractivity contribution >= 4 is 11.9 Å². The Morgan fingerprint density at radius 3 is 3.00 bits per heavy atom. The lowest BCUT2D eigenvalue weighted by Crippen LogP contribution is -2.39. The van der Waals surface area contributed by atoms with E-state index >= 15 is 0 Å². The number of nitrogens with zero attached hydrogens (tertiary/aromatic N) is 3. The van der Waals surface area contributed by atoms with Crippen molar-refractivity contribution in [2.24, 2.45) is 5.92 Å². The number of anilines is 1. The van der Waals surface area contributed by atoms with Crippen LogP contribution in [0.3, 0.4) is 0 Å². The highest BCUT2D eigenvalue weighted by atomic mass is 16.3. The minimum absolute atomic E-state index is 0.0167. The molecule has 150 valence electrons. The van der Waals surface area contributed by atoms with Gasteiger partial charge in [-0.25, -0.2) is 9.97 Å². The molecular weight excluding hydrogens is 352 g/mol. The van der Waals surface area contributed by atoms with Gasteiger partial charge in [0.05, 0.1) is 6.26 Å². The first-order valence-corrected chi connectivity index (χ1v) is 10.6. The molecule has 6 heteroatoms. The van der Waals surface area contributed by atoms with Crippen molar-refractivity contribution in [3.63, 3.8) is 0 Å². The Morgan fingerprint density at radius 1 is 1.36 bits per heavy atom. The molecule has 1 aliphatic heterocycles. The molecule has 3 heterocycles. The Balaban J connectivity index is 1.31. The maximum atomic E-state index is 12.7. The van der Waals surface area contributed by atoms with E-state index in [0.717, 1.165) is 68.2 Å². The zero-order chi connectivity index (χ0) is 19.3. The van der Waals surface area contributed by atoms with Crippen LogP contribution in [0.25, 0.3) is 0 Å². The van der Waals surface area contributed by atoms with Gasteiger partial charge in [0.1, 0.15) is 5.76 Å². The third kappa shape index (κ3) is 4.54. The number of nitrogens with one attached hydrogen (secondary N) is 1. The van der Waals surface area contributed by atoms with Gasteiger partial charge in [0, 0.05) is 43.4 Å². The first kappa shape index (κ1) is 19.0. The number of piperidine rings is 1. The molecule has 4 rings (SSSR count). The van der Waals surface area contributed by atoms with E-state index in [-0.39, 0.29) is 17.9 Å². The molecule has 1 aliphatic carbocycles. The lowest BCUT2D eigenvalue weighted by atomic mass is 9.86. The molecule has 0 saturated carbocycles. The van der Waals surface area contributed by atoms with E-state index in [4.69, 9.17) is 9.40 Å². The summed E-state index contributed by atoms with van der Waals surface area (Å²) in [7, 11) is 0. The second kappa shape index (κ2) is 8.76. The Kier molecular flexibility index (Phi) is 5.93. The van der Waals surface area contributed by atoms with Crippen molar-refractivity contribution in [3.05, 3.63) is 41.6 Å². The van der Waals surface area contributed by atoms with Crippen LogP contribution >= 0.6 is 0 Å². The molecule has 0 unspecified atom stereocenters. The summed E-state index contributed by atoms with van der Waals surface area (Å²) in [5.41, 5.74) is 2.26. The number of carbonyl (C=O) groups is 1. The maximum Gasteiger partial charge on any atom is 0.225 e. The van der Waals surface area contributed by atoms with Crippen molar-refractivity contribution in [2.75, 3.05) is 18.0 Å². The number of rotatable bonds is 6. The van der Waals surface area contributed by atoms with Gasteiger partial charge in [0.25, 0.3) is 0 Å². The van der Waals surface area contributed by atoms with E-state index < -0.39 is 0 Å². The quantitative estimate of drug-likeness (QED) is 0.830. The van der Waals surface area contributed by atoms with Gasteiger partial charge in [0.2, 0.25) is 11.9 Å². The van der Waals surface area contributed by atoms with Gasteiger partial charge >= 0.3 is 0 Å². The summed E-state index contributed by atoms with van der Waals surface area (Å²) in [6, 6.07) is 4.01. The zero-order valence-corrected chi connectivity index (χ0v) is 16.7. The first-order chi connectivity index (χ1) is 13.7. The molecule has 1 amide bonds.